The van der Waals surface area contributed by atoms with Crippen molar-refractivity contribution in [3.05, 3.63) is 0 Å². The van der Waals surface area contributed by atoms with Gasteiger partial charge in [-0.15, -0.1) is 0 Å². The van der Waals surface area contributed by atoms with Crippen LogP contribution >= 0.6 is 0 Å². The molecule has 2 atom stereocenters. The molecule has 0 saturated carbocycles. The number of unbranched alkanes of at least 4 members (excludes halogenated alkanes) is 21. The van der Waals surface area contributed by atoms with Crippen LogP contribution in [0.25, 0.3) is 0 Å². The molecular formula is C35H69NO4. The van der Waals surface area contributed by atoms with Gasteiger partial charge in [0.15, 0.2) is 0 Å². The maximum absolute atomic E-state index is 12.0. The number of hydrogen-bond acceptors (Lipinski definition) is 5. The fourth-order valence-electron chi connectivity index (χ4n) is 5.32. The van der Waals surface area contributed by atoms with E-state index >= 15 is 0 Å². The van der Waals surface area contributed by atoms with Crippen molar-refractivity contribution in [1.29, 1.82) is 0 Å². The van der Waals surface area contributed by atoms with E-state index in [4.69, 9.17) is 15.2 Å². The molecule has 0 aliphatic rings. The molecule has 2 unspecified atom stereocenters. The van der Waals surface area contributed by atoms with E-state index < -0.39 is 6.04 Å². The molecule has 0 aromatic carbocycles. The Morgan fingerprint density at radius 2 is 0.850 bits per heavy atom. The third kappa shape index (κ3) is 27.1. The molecule has 0 amide bonds. The van der Waals surface area contributed by atoms with Crippen molar-refractivity contribution >= 4 is 11.9 Å². The molecule has 40 heavy (non-hydrogen) atoms. The zero-order chi connectivity index (χ0) is 29.5. The number of rotatable bonds is 31. The Morgan fingerprint density at radius 1 is 0.500 bits per heavy atom. The number of carbonyl (C=O) groups is 2. The highest BCUT2D eigenvalue weighted by molar-refractivity contribution is 5.70. The maximum atomic E-state index is 12.0. The Labute approximate surface area is 249 Å². The van der Waals surface area contributed by atoms with Gasteiger partial charge in [0.25, 0.3) is 0 Å². The number of nitrogens with two attached hydrogens (primary N) is 1. The van der Waals surface area contributed by atoms with Gasteiger partial charge in [0, 0.05) is 12.8 Å². The van der Waals surface area contributed by atoms with Crippen molar-refractivity contribution in [2.45, 2.75) is 206 Å². The molecule has 0 fully saturated rings. The Bertz CT molecular complexity index is 554. The third-order valence-electron chi connectivity index (χ3n) is 7.95. The molecule has 0 radical (unpaired) electrons. The van der Waals surface area contributed by atoms with Crippen LogP contribution < -0.4 is 5.73 Å². The van der Waals surface area contributed by atoms with Crippen LogP contribution in [0.5, 0.6) is 0 Å². The van der Waals surface area contributed by atoms with Crippen LogP contribution in [0.1, 0.15) is 194 Å². The highest BCUT2D eigenvalue weighted by Crippen LogP contribution is 2.17. The van der Waals surface area contributed by atoms with Crippen molar-refractivity contribution in [2.75, 3.05) is 6.61 Å². The Kier molecular flexibility index (Phi) is 30.0. The van der Waals surface area contributed by atoms with Crippen molar-refractivity contribution in [2.24, 2.45) is 5.73 Å². The van der Waals surface area contributed by atoms with Gasteiger partial charge in [0.1, 0.15) is 12.7 Å². The SMILES string of the molecule is CCCCCCCCCCCCCCCCCCCCCCCCC(OC(=O)CCC)C(N)COC(=O)CCC. The van der Waals surface area contributed by atoms with Crippen LogP contribution in [0.4, 0.5) is 0 Å². The summed E-state index contributed by atoms with van der Waals surface area (Å²) in [5.74, 6) is -0.442. The highest BCUT2D eigenvalue weighted by Gasteiger charge is 2.23. The lowest BCUT2D eigenvalue weighted by Gasteiger charge is -2.24. The van der Waals surface area contributed by atoms with Crippen LogP contribution in [-0.4, -0.2) is 30.7 Å². The van der Waals surface area contributed by atoms with Crippen LogP contribution in [0, 0.1) is 0 Å². The van der Waals surface area contributed by atoms with E-state index in [-0.39, 0.29) is 24.6 Å². The topological polar surface area (TPSA) is 78.6 Å². The summed E-state index contributed by atoms with van der Waals surface area (Å²) in [6, 6.07) is -0.462. The van der Waals surface area contributed by atoms with Gasteiger partial charge in [-0.25, -0.2) is 0 Å². The first kappa shape index (κ1) is 38.9. The summed E-state index contributed by atoms with van der Waals surface area (Å²) in [5.41, 5.74) is 6.24. The minimum absolute atomic E-state index is 0.113. The second-order valence-electron chi connectivity index (χ2n) is 12.1. The second kappa shape index (κ2) is 30.8. The third-order valence-corrected chi connectivity index (χ3v) is 7.95. The Balaban J connectivity index is 3.63. The molecule has 2 N–H and O–H groups in total. The van der Waals surface area contributed by atoms with Crippen molar-refractivity contribution in [3.8, 4) is 0 Å². The van der Waals surface area contributed by atoms with Gasteiger partial charge in [-0.1, -0.05) is 156 Å². The van der Waals surface area contributed by atoms with Crippen LogP contribution in [0.3, 0.4) is 0 Å². The molecule has 0 aliphatic heterocycles. The molecule has 0 heterocycles. The minimum Gasteiger partial charge on any atom is -0.464 e. The summed E-state index contributed by atoms with van der Waals surface area (Å²) >= 11 is 0. The minimum atomic E-state index is -0.462. The van der Waals surface area contributed by atoms with Gasteiger partial charge < -0.3 is 15.2 Å². The van der Waals surface area contributed by atoms with E-state index in [1.165, 1.54) is 128 Å². The average Bonchev–Trinajstić information content (AvgIpc) is 2.94. The van der Waals surface area contributed by atoms with E-state index in [9.17, 15) is 9.59 Å². The van der Waals surface area contributed by atoms with Gasteiger partial charge in [0.2, 0.25) is 0 Å². The largest absolute Gasteiger partial charge is 0.464 e. The molecule has 0 aromatic heterocycles. The normalized spacial score (nSPS) is 12.8. The lowest BCUT2D eigenvalue weighted by Crippen LogP contribution is -2.42. The van der Waals surface area contributed by atoms with Crippen molar-refractivity contribution < 1.29 is 19.1 Å². The molecule has 238 valence electrons. The smallest absolute Gasteiger partial charge is 0.306 e. The zero-order valence-electron chi connectivity index (χ0n) is 27.2. The molecular weight excluding hydrogens is 498 g/mol. The lowest BCUT2D eigenvalue weighted by molar-refractivity contribution is -0.153. The first-order valence-corrected chi connectivity index (χ1v) is 17.7. The maximum Gasteiger partial charge on any atom is 0.306 e. The molecule has 0 spiro atoms. The van der Waals surface area contributed by atoms with Gasteiger partial charge in [0.05, 0.1) is 6.04 Å². The molecule has 0 aromatic rings. The van der Waals surface area contributed by atoms with E-state index in [0.29, 0.717) is 12.8 Å². The first-order valence-electron chi connectivity index (χ1n) is 17.7. The summed E-state index contributed by atoms with van der Waals surface area (Å²) in [6.07, 6.45) is 32.7. The average molecular weight is 568 g/mol. The fourth-order valence-corrected chi connectivity index (χ4v) is 5.32. The highest BCUT2D eigenvalue weighted by atomic mass is 16.6. The van der Waals surface area contributed by atoms with Gasteiger partial charge in [-0.05, 0) is 25.7 Å². The number of esters is 2. The van der Waals surface area contributed by atoms with Gasteiger partial charge in [-0.3, -0.25) is 9.59 Å². The monoisotopic (exact) mass is 568 g/mol. The van der Waals surface area contributed by atoms with E-state index in [0.717, 1.165) is 32.1 Å². The van der Waals surface area contributed by atoms with Crippen LogP contribution in [0.2, 0.25) is 0 Å². The zero-order valence-corrected chi connectivity index (χ0v) is 27.2. The summed E-state index contributed by atoms with van der Waals surface area (Å²) in [4.78, 5) is 23.7. The first-order chi connectivity index (χ1) is 19.5. The fraction of sp³-hybridized carbons (Fsp3) is 0.943. The summed E-state index contributed by atoms with van der Waals surface area (Å²) in [6.45, 7) is 6.31. The van der Waals surface area contributed by atoms with E-state index in [1.807, 2.05) is 13.8 Å². The molecule has 0 saturated heterocycles. The van der Waals surface area contributed by atoms with Gasteiger partial charge in [-0.2, -0.15) is 0 Å². The van der Waals surface area contributed by atoms with Crippen LogP contribution in [-0.2, 0) is 19.1 Å². The predicted molar refractivity (Wildman–Crippen MR) is 170 cm³/mol. The predicted octanol–water partition coefficient (Wildman–Crippen LogP) is 10.4. The molecule has 0 bridgehead atoms. The molecule has 5 heteroatoms. The van der Waals surface area contributed by atoms with E-state index in [1.54, 1.807) is 0 Å². The lowest BCUT2D eigenvalue weighted by atomic mass is 10.0. The van der Waals surface area contributed by atoms with E-state index in [2.05, 4.69) is 6.92 Å². The molecule has 0 rings (SSSR count). The molecule has 0 aliphatic carbocycles. The Morgan fingerprint density at radius 3 is 1.23 bits per heavy atom. The number of hydrogen-bond donors (Lipinski definition) is 1. The van der Waals surface area contributed by atoms with Crippen molar-refractivity contribution in [1.82, 2.24) is 0 Å². The second-order valence-corrected chi connectivity index (χ2v) is 12.1. The van der Waals surface area contributed by atoms with Crippen molar-refractivity contribution in [3.63, 3.8) is 0 Å². The number of ether oxygens (including phenoxy) is 2. The standard InChI is InChI=1S/C35H69NO4/c1-4-7-8-9-10-11-12-13-14-15-16-17-18-19-20-21-22-23-24-25-26-27-30-33(40-35(38)29-6-3)32(36)31-39-34(37)28-5-2/h32-33H,4-31,36H2,1-3H3. The quantitative estimate of drug-likeness (QED) is 0.0666. The van der Waals surface area contributed by atoms with Gasteiger partial charge >= 0.3 is 11.9 Å². The summed E-state index contributed by atoms with van der Waals surface area (Å²) in [7, 11) is 0. The number of carbonyl (C=O) groups excluding carboxylic acids is 2. The summed E-state index contributed by atoms with van der Waals surface area (Å²) < 4.78 is 10.9. The molecule has 5 nitrogen and oxygen atoms in total. The summed E-state index contributed by atoms with van der Waals surface area (Å²) in [5, 5.41) is 0. The Hall–Kier alpha value is -1.10. The van der Waals surface area contributed by atoms with Crippen LogP contribution in [0.15, 0.2) is 0 Å².